The van der Waals surface area contributed by atoms with Crippen molar-refractivity contribution in [2.75, 3.05) is 5.32 Å². The van der Waals surface area contributed by atoms with E-state index in [4.69, 9.17) is 0 Å². The van der Waals surface area contributed by atoms with Crippen molar-refractivity contribution < 1.29 is 0 Å². The van der Waals surface area contributed by atoms with Crippen molar-refractivity contribution in [3.8, 4) is 11.3 Å². The maximum Gasteiger partial charge on any atom is 0.183 e. The Labute approximate surface area is 93.0 Å². The zero-order valence-electron chi connectivity index (χ0n) is 9.06. The molecule has 0 atom stereocenters. The van der Waals surface area contributed by atoms with E-state index in [1.54, 1.807) is 16.0 Å². The number of rotatable bonds is 3. The molecule has 0 bridgehead atoms. The molecule has 0 saturated carbocycles. The molecule has 0 radical (unpaired) electrons. The standard InChI is InChI=1S/C10H14N4S/c1-7(2)12-10-13-9(6-15-10)8-4-11-14(3)5-8/h4-7H,1-3H3,(H,12,13). The highest BCUT2D eigenvalue weighted by Gasteiger charge is 2.06. The van der Waals surface area contributed by atoms with Gasteiger partial charge in [0.1, 0.15) is 0 Å². The predicted molar refractivity (Wildman–Crippen MR) is 63.1 cm³/mol. The fraction of sp³-hybridized carbons (Fsp3) is 0.400. The van der Waals surface area contributed by atoms with Crippen molar-refractivity contribution in [3.63, 3.8) is 0 Å². The number of thiazole rings is 1. The van der Waals surface area contributed by atoms with Gasteiger partial charge in [0.05, 0.1) is 11.9 Å². The minimum absolute atomic E-state index is 0.415. The Kier molecular flexibility index (Phi) is 2.73. The molecular formula is C10H14N4S. The van der Waals surface area contributed by atoms with Gasteiger partial charge in [0.15, 0.2) is 5.13 Å². The first-order valence-electron chi connectivity index (χ1n) is 4.86. The normalized spacial score (nSPS) is 10.9. The van der Waals surface area contributed by atoms with Crippen LogP contribution >= 0.6 is 11.3 Å². The summed E-state index contributed by atoms with van der Waals surface area (Å²) < 4.78 is 1.78. The van der Waals surface area contributed by atoms with E-state index in [1.807, 2.05) is 24.8 Å². The molecule has 2 heterocycles. The van der Waals surface area contributed by atoms with Crippen molar-refractivity contribution in [3.05, 3.63) is 17.8 Å². The number of aryl methyl sites for hydroxylation is 1. The Morgan fingerprint density at radius 2 is 2.27 bits per heavy atom. The maximum absolute atomic E-state index is 4.49. The van der Waals surface area contributed by atoms with Crippen LogP contribution in [0, 0.1) is 0 Å². The molecule has 0 aliphatic carbocycles. The average molecular weight is 222 g/mol. The third kappa shape index (κ3) is 2.36. The molecule has 1 N–H and O–H groups in total. The van der Waals surface area contributed by atoms with Gasteiger partial charge in [-0.1, -0.05) is 0 Å². The number of hydrogen-bond acceptors (Lipinski definition) is 4. The molecule has 2 rings (SSSR count). The Morgan fingerprint density at radius 1 is 1.47 bits per heavy atom. The molecule has 0 spiro atoms. The molecule has 0 aliphatic rings. The molecular weight excluding hydrogens is 208 g/mol. The molecule has 4 nitrogen and oxygen atoms in total. The predicted octanol–water partition coefficient (Wildman–Crippen LogP) is 2.36. The number of hydrogen-bond donors (Lipinski definition) is 1. The lowest BCUT2D eigenvalue weighted by molar-refractivity contribution is 0.768. The quantitative estimate of drug-likeness (QED) is 0.867. The lowest BCUT2D eigenvalue weighted by Gasteiger charge is -2.04. The highest BCUT2D eigenvalue weighted by Crippen LogP contribution is 2.24. The molecule has 0 aliphatic heterocycles. The fourth-order valence-electron chi connectivity index (χ4n) is 1.27. The number of nitrogens with zero attached hydrogens (tertiary/aromatic N) is 3. The van der Waals surface area contributed by atoms with Crippen LogP contribution in [-0.2, 0) is 7.05 Å². The third-order valence-corrected chi connectivity index (χ3v) is 2.69. The van der Waals surface area contributed by atoms with E-state index in [9.17, 15) is 0 Å². The lowest BCUT2D eigenvalue weighted by atomic mass is 10.3. The summed E-state index contributed by atoms with van der Waals surface area (Å²) in [6, 6.07) is 0.415. The summed E-state index contributed by atoms with van der Waals surface area (Å²) in [6.07, 6.45) is 3.79. The van der Waals surface area contributed by atoms with Gasteiger partial charge in [0.2, 0.25) is 0 Å². The summed E-state index contributed by atoms with van der Waals surface area (Å²) in [5, 5.41) is 10.4. The van der Waals surface area contributed by atoms with E-state index in [-0.39, 0.29) is 0 Å². The van der Waals surface area contributed by atoms with E-state index in [0.29, 0.717) is 6.04 Å². The summed E-state index contributed by atoms with van der Waals surface area (Å²) in [7, 11) is 1.91. The van der Waals surface area contributed by atoms with Crippen LogP contribution in [0.2, 0.25) is 0 Å². The molecule has 15 heavy (non-hydrogen) atoms. The van der Waals surface area contributed by atoms with Gasteiger partial charge >= 0.3 is 0 Å². The smallest absolute Gasteiger partial charge is 0.183 e. The third-order valence-electron chi connectivity index (χ3n) is 1.92. The van der Waals surface area contributed by atoms with E-state index in [0.717, 1.165) is 16.4 Å². The van der Waals surface area contributed by atoms with Crippen molar-refractivity contribution in [1.29, 1.82) is 0 Å². The van der Waals surface area contributed by atoms with Gasteiger partial charge < -0.3 is 5.32 Å². The van der Waals surface area contributed by atoms with Gasteiger partial charge in [0, 0.05) is 30.2 Å². The zero-order chi connectivity index (χ0) is 10.8. The monoisotopic (exact) mass is 222 g/mol. The summed E-state index contributed by atoms with van der Waals surface area (Å²) >= 11 is 1.62. The van der Waals surface area contributed by atoms with Gasteiger partial charge in [-0.15, -0.1) is 11.3 Å². The zero-order valence-corrected chi connectivity index (χ0v) is 9.88. The molecule has 0 aromatic carbocycles. The summed E-state index contributed by atoms with van der Waals surface area (Å²) in [6.45, 7) is 4.20. The van der Waals surface area contributed by atoms with Gasteiger partial charge in [-0.25, -0.2) is 4.98 Å². The maximum atomic E-state index is 4.49. The van der Waals surface area contributed by atoms with Crippen LogP contribution in [0.3, 0.4) is 0 Å². The van der Waals surface area contributed by atoms with Crippen LogP contribution in [0.1, 0.15) is 13.8 Å². The van der Waals surface area contributed by atoms with Crippen LogP contribution < -0.4 is 5.32 Å². The van der Waals surface area contributed by atoms with E-state index in [1.165, 1.54) is 0 Å². The van der Waals surface area contributed by atoms with Crippen LogP contribution in [0.25, 0.3) is 11.3 Å². The fourth-order valence-corrected chi connectivity index (χ4v) is 2.14. The minimum atomic E-state index is 0.415. The second-order valence-electron chi connectivity index (χ2n) is 3.74. The topological polar surface area (TPSA) is 42.7 Å². The number of anilines is 1. The second kappa shape index (κ2) is 4.02. The second-order valence-corrected chi connectivity index (χ2v) is 4.60. The SMILES string of the molecule is CC(C)Nc1nc(-c2cnn(C)c2)cs1. The van der Waals surface area contributed by atoms with Crippen LogP contribution in [-0.4, -0.2) is 20.8 Å². The Morgan fingerprint density at radius 3 is 2.87 bits per heavy atom. The summed E-state index contributed by atoms with van der Waals surface area (Å²) in [4.78, 5) is 4.49. The highest BCUT2D eigenvalue weighted by molar-refractivity contribution is 7.14. The van der Waals surface area contributed by atoms with Gasteiger partial charge in [-0.2, -0.15) is 5.10 Å². The highest BCUT2D eigenvalue weighted by atomic mass is 32.1. The van der Waals surface area contributed by atoms with Gasteiger partial charge in [-0.05, 0) is 13.8 Å². The van der Waals surface area contributed by atoms with Gasteiger partial charge in [-0.3, -0.25) is 4.68 Å². The molecule has 2 aromatic heterocycles. The van der Waals surface area contributed by atoms with E-state index in [2.05, 4.69) is 29.2 Å². The first-order valence-corrected chi connectivity index (χ1v) is 5.74. The molecule has 0 amide bonds. The van der Waals surface area contributed by atoms with Crippen molar-refractivity contribution in [2.24, 2.45) is 7.05 Å². The van der Waals surface area contributed by atoms with Crippen molar-refractivity contribution in [1.82, 2.24) is 14.8 Å². The number of nitrogens with one attached hydrogen (secondary N) is 1. The van der Waals surface area contributed by atoms with Gasteiger partial charge in [0.25, 0.3) is 0 Å². The van der Waals surface area contributed by atoms with E-state index >= 15 is 0 Å². The Hall–Kier alpha value is -1.36. The number of aromatic nitrogens is 3. The molecule has 0 fully saturated rings. The first kappa shape index (κ1) is 10.2. The van der Waals surface area contributed by atoms with Crippen molar-refractivity contribution in [2.45, 2.75) is 19.9 Å². The van der Waals surface area contributed by atoms with Crippen LogP contribution in [0.5, 0.6) is 0 Å². The van der Waals surface area contributed by atoms with E-state index < -0.39 is 0 Å². The Balaban J connectivity index is 2.20. The van der Waals surface area contributed by atoms with Crippen LogP contribution in [0.4, 0.5) is 5.13 Å². The largest absolute Gasteiger partial charge is 0.359 e. The minimum Gasteiger partial charge on any atom is -0.359 e. The first-order chi connectivity index (χ1) is 7.15. The molecule has 0 unspecified atom stereocenters. The summed E-state index contributed by atoms with van der Waals surface area (Å²) in [5.41, 5.74) is 2.04. The van der Waals surface area contributed by atoms with Crippen molar-refractivity contribution >= 4 is 16.5 Å². The average Bonchev–Trinajstić information content (AvgIpc) is 2.72. The molecule has 80 valence electrons. The Bertz CT molecular complexity index is 444. The van der Waals surface area contributed by atoms with Crippen LogP contribution in [0.15, 0.2) is 17.8 Å². The molecule has 5 heteroatoms. The lowest BCUT2D eigenvalue weighted by Crippen LogP contribution is -2.08. The summed E-state index contributed by atoms with van der Waals surface area (Å²) in [5.74, 6) is 0. The molecule has 0 saturated heterocycles. The molecule has 2 aromatic rings.